The molecule has 1 aromatic carbocycles. The molecule has 0 radical (unpaired) electrons. The molecule has 3 N–H and O–H groups in total. The van der Waals surface area contributed by atoms with Gasteiger partial charge in [-0.15, -0.1) is 0 Å². The topological polar surface area (TPSA) is 63.3 Å². The molecule has 1 aromatic rings. The SMILES string of the molecule is C=Cc1cc(Cl)c(C)c(N)c1C(=O)O. The summed E-state index contributed by atoms with van der Waals surface area (Å²) in [7, 11) is 0. The fourth-order valence-corrected chi connectivity index (χ4v) is 1.41. The average Bonchev–Trinajstić information content (AvgIpc) is 2.12. The number of carboxylic acids is 1. The minimum absolute atomic E-state index is 0.0573. The van der Waals surface area contributed by atoms with Gasteiger partial charge < -0.3 is 10.8 Å². The van der Waals surface area contributed by atoms with Gasteiger partial charge in [0.15, 0.2) is 0 Å². The van der Waals surface area contributed by atoms with Crippen molar-refractivity contribution < 1.29 is 9.90 Å². The molecule has 0 amide bonds. The van der Waals surface area contributed by atoms with Crippen molar-refractivity contribution >= 4 is 29.3 Å². The Balaban J connectivity index is 3.61. The van der Waals surface area contributed by atoms with Crippen molar-refractivity contribution in [3.8, 4) is 0 Å². The van der Waals surface area contributed by atoms with Crippen LogP contribution < -0.4 is 5.73 Å². The molecule has 3 nitrogen and oxygen atoms in total. The lowest BCUT2D eigenvalue weighted by Gasteiger charge is -2.09. The van der Waals surface area contributed by atoms with Gasteiger partial charge in [-0.2, -0.15) is 0 Å². The molecule has 0 spiro atoms. The summed E-state index contributed by atoms with van der Waals surface area (Å²) in [5.74, 6) is -1.07. The van der Waals surface area contributed by atoms with Crippen LogP contribution in [-0.2, 0) is 0 Å². The van der Waals surface area contributed by atoms with Gasteiger partial charge in [0.05, 0.1) is 11.3 Å². The van der Waals surface area contributed by atoms with E-state index in [1.54, 1.807) is 13.0 Å². The fraction of sp³-hybridized carbons (Fsp3) is 0.100. The number of carbonyl (C=O) groups is 1. The third-order valence-electron chi connectivity index (χ3n) is 2.04. The van der Waals surface area contributed by atoms with E-state index in [-0.39, 0.29) is 11.3 Å². The van der Waals surface area contributed by atoms with E-state index in [9.17, 15) is 4.79 Å². The second-order valence-electron chi connectivity index (χ2n) is 2.87. The fourth-order valence-electron chi connectivity index (χ4n) is 1.19. The number of anilines is 1. The number of carboxylic acid groups (broad SMARTS) is 1. The Bertz CT molecular complexity index is 413. The Hall–Kier alpha value is -1.48. The number of nitrogens with two attached hydrogens (primary N) is 1. The second kappa shape index (κ2) is 3.72. The number of hydrogen-bond acceptors (Lipinski definition) is 2. The van der Waals surface area contributed by atoms with Crippen LogP contribution in [0.5, 0.6) is 0 Å². The quantitative estimate of drug-likeness (QED) is 0.739. The largest absolute Gasteiger partial charge is 0.478 e. The van der Waals surface area contributed by atoms with Crippen LogP contribution in [0.15, 0.2) is 12.6 Å². The van der Waals surface area contributed by atoms with Crippen LogP contribution in [0.4, 0.5) is 5.69 Å². The summed E-state index contributed by atoms with van der Waals surface area (Å²) in [6.45, 7) is 5.19. The summed E-state index contributed by atoms with van der Waals surface area (Å²) in [6, 6.07) is 1.55. The molecule has 0 aromatic heterocycles. The molecule has 1 rings (SSSR count). The third-order valence-corrected chi connectivity index (χ3v) is 2.43. The van der Waals surface area contributed by atoms with Crippen LogP contribution in [0.3, 0.4) is 0 Å². The van der Waals surface area contributed by atoms with Gasteiger partial charge >= 0.3 is 5.97 Å². The van der Waals surface area contributed by atoms with Crippen LogP contribution in [0.25, 0.3) is 6.08 Å². The Morgan fingerprint density at radius 2 is 2.29 bits per heavy atom. The third kappa shape index (κ3) is 1.59. The summed E-state index contributed by atoms with van der Waals surface area (Å²) >= 11 is 5.85. The summed E-state index contributed by atoms with van der Waals surface area (Å²) in [5, 5.41) is 9.37. The molecular weight excluding hydrogens is 202 g/mol. The lowest BCUT2D eigenvalue weighted by Crippen LogP contribution is -2.07. The zero-order chi connectivity index (χ0) is 10.9. The van der Waals surface area contributed by atoms with Crippen LogP contribution in [-0.4, -0.2) is 11.1 Å². The van der Waals surface area contributed by atoms with E-state index in [0.717, 1.165) is 0 Å². The van der Waals surface area contributed by atoms with Crippen molar-refractivity contribution in [2.75, 3.05) is 5.73 Å². The molecule has 0 bridgehead atoms. The standard InChI is InChI=1S/C10H10ClNO2/c1-3-6-4-7(11)5(2)9(12)8(6)10(13)14/h3-4H,1,12H2,2H3,(H,13,14). The van der Waals surface area contributed by atoms with Crippen molar-refractivity contribution in [3.05, 3.63) is 34.4 Å². The maximum Gasteiger partial charge on any atom is 0.338 e. The van der Waals surface area contributed by atoms with Gasteiger partial charge in [0, 0.05) is 5.02 Å². The highest BCUT2D eigenvalue weighted by Gasteiger charge is 2.16. The zero-order valence-corrected chi connectivity index (χ0v) is 8.43. The molecule has 14 heavy (non-hydrogen) atoms. The molecule has 4 heteroatoms. The molecule has 0 saturated carbocycles. The molecule has 0 fully saturated rings. The Labute approximate surface area is 86.8 Å². The van der Waals surface area contributed by atoms with Crippen LogP contribution in [0, 0.1) is 6.92 Å². The van der Waals surface area contributed by atoms with Crippen molar-refractivity contribution in [3.63, 3.8) is 0 Å². The smallest absolute Gasteiger partial charge is 0.338 e. The van der Waals surface area contributed by atoms with Crippen molar-refractivity contribution in [2.45, 2.75) is 6.92 Å². The van der Waals surface area contributed by atoms with E-state index in [2.05, 4.69) is 6.58 Å². The van der Waals surface area contributed by atoms with Crippen LogP contribution in [0.1, 0.15) is 21.5 Å². The Morgan fingerprint density at radius 1 is 1.71 bits per heavy atom. The van der Waals surface area contributed by atoms with Crippen LogP contribution in [0.2, 0.25) is 5.02 Å². The summed E-state index contributed by atoms with van der Waals surface area (Å²) in [6.07, 6.45) is 1.42. The molecular formula is C10H10ClNO2. The van der Waals surface area contributed by atoms with Crippen LogP contribution >= 0.6 is 11.6 Å². The highest BCUT2D eigenvalue weighted by Crippen LogP contribution is 2.29. The molecule has 0 saturated heterocycles. The Kier molecular flexibility index (Phi) is 2.81. The van der Waals surface area contributed by atoms with Gasteiger partial charge in [-0.05, 0) is 24.1 Å². The van der Waals surface area contributed by atoms with Crippen molar-refractivity contribution in [1.82, 2.24) is 0 Å². The van der Waals surface area contributed by atoms with Gasteiger partial charge in [-0.1, -0.05) is 24.3 Å². The van der Waals surface area contributed by atoms with Crippen molar-refractivity contribution in [1.29, 1.82) is 0 Å². The van der Waals surface area contributed by atoms with Gasteiger partial charge in [0.1, 0.15) is 0 Å². The lowest BCUT2D eigenvalue weighted by molar-refractivity contribution is 0.0698. The molecule has 0 aliphatic carbocycles. The maximum absolute atomic E-state index is 10.9. The van der Waals surface area contributed by atoms with E-state index < -0.39 is 5.97 Å². The van der Waals surface area contributed by atoms with E-state index in [1.807, 2.05) is 0 Å². The first-order valence-electron chi connectivity index (χ1n) is 3.93. The van der Waals surface area contributed by atoms with E-state index in [1.165, 1.54) is 6.08 Å². The van der Waals surface area contributed by atoms with Gasteiger partial charge in [-0.3, -0.25) is 0 Å². The maximum atomic E-state index is 10.9. The number of rotatable bonds is 2. The minimum Gasteiger partial charge on any atom is -0.478 e. The number of halogens is 1. The van der Waals surface area contributed by atoms with Gasteiger partial charge in [-0.25, -0.2) is 4.79 Å². The van der Waals surface area contributed by atoms with Gasteiger partial charge in [0.25, 0.3) is 0 Å². The summed E-state index contributed by atoms with van der Waals surface area (Å²) in [4.78, 5) is 10.9. The molecule has 0 unspecified atom stereocenters. The van der Waals surface area contributed by atoms with E-state index in [4.69, 9.17) is 22.4 Å². The summed E-state index contributed by atoms with van der Waals surface area (Å²) in [5.41, 5.74) is 6.91. The first-order valence-corrected chi connectivity index (χ1v) is 4.31. The number of nitrogen functional groups attached to an aromatic ring is 1. The van der Waals surface area contributed by atoms with Gasteiger partial charge in [0.2, 0.25) is 0 Å². The predicted molar refractivity (Wildman–Crippen MR) is 57.7 cm³/mol. The highest BCUT2D eigenvalue weighted by atomic mass is 35.5. The Morgan fingerprint density at radius 3 is 2.71 bits per heavy atom. The normalized spacial score (nSPS) is 9.86. The number of aromatic carboxylic acids is 1. The lowest BCUT2D eigenvalue weighted by atomic mass is 10.0. The van der Waals surface area contributed by atoms with E-state index >= 15 is 0 Å². The molecule has 0 aliphatic heterocycles. The monoisotopic (exact) mass is 211 g/mol. The molecule has 74 valence electrons. The zero-order valence-electron chi connectivity index (χ0n) is 7.67. The first-order chi connectivity index (χ1) is 6.49. The highest BCUT2D eigenvalue weighted by molar-refractivity contribution is 6.32. The summed E-state index contributed by atoms with van der Waals surface area (Å²) < 4.78 is 0. The van der Waals surface area contributed by atoms with Crippen molar-refractivity contribution in [2.24, 2.45) is 0 Å². The minimum atomic E-state index is -1.07. The number of benzene rings is 1. The first kappa shape index (κ1) is 10.6. The molecule has 0 heterocycles. The van der Waals surface area contributed by atoms with E-state index in [0.29, 0.717) is 16.1 Å². The molecule has 0 aliphatic rings. The predicted octanol–water partition coefficient (Wildman–Crippen LogP) is 2.57. The number of hydrogen-bond donors (Lipinski definition) is 2. The molecule has 0 atom stereocenters. The second-order valence-corrected chi connectivity index (χ2v) is 3.28. The average molecular weight is 212 g/mol.